The van der Waals surface area contributed by atoms with Crippen LogP contribution in [0.1, 0.15) is 11.1 Å². The molecule has 2 aromatic carbocycles. The molecule has 0 spiro atoms. The second-order valence-corrected chi connectivity index (χ2v) is 5.67. The van der Waals surface area contributed by atoms with Gasteiger partial charge in [0, 0.05) is 17.1 Å². The average molecular weight is 298 g/mol. The predicted molar refractivity (Wildman–Crippen MR) is 92.5 cm³/mol. The lowest BCUT2D eigenvalue weighted by Crippen LogP contribution is -2.25. The number of nitrogens with zero attached hydrogens (tertiary/aromatic N) is 1. The minimum Gasteiger partial charge on any atom is -0.303 e. The highest BCUT2D eigenvalue weighted by atomic mass is 16.2. The first-order chi connectivity index (χ1) is 11.3. The van der Waals surface area contributed by atoms with Gasteiger partial charge in [-0.2, -0.15) is 0 Å². The molecule has 0 unspecified atom stereocenters. The van der Waals surface area contributed by atoms with Crippen LogP contribution in [0.15, 0.2) is 60.7 Å². The Labute approximate surface area is 137 Å². The Morgan fingerprint density at radius 1 is 0.870 bits per heavy atom. The lowest BCUT2D eigenvalue weighted by molar-refractivity contribution is -0.113. The minimum atomic E-state index is 0.0660. The van der Waals surface area contributed by atoms with E-state index < -0.39 is 0 Å². The second-order valence-electron chi connectivity index (χ2n) is 5.67. The van der Waals surface area contributed by atoms with Crippen LogP contribution < -0.4 is 4.90 Å². The van der Waals surface area contributed by atoms with Crippen LogP contribution in [0.25, 0.3) is 5.57 Å². The van der Waals surface area contributed by atoms with Crippen molar-refractivity contribution < 1.29 is 4.79 Å². The smallest absolute Gasteiger partial charge is 0.258 e. The van der Waals surface area contributed by atoms with Crippen molar-refractivity contribution in [3.63, 3.8) is 0 Å². The minimum absolute atomic E-state index is 0.0660. The first-order valence-electron chi connectivity index (χ1n) is 7.71. The Morgan fingerprint density at radius 2 is 1.57 bits per heavy atom. The van der Waals surface area contributed by atoms with E-state index in [0.717, 1.165) is 28.3 Å². The summed E-state index contributed by atoms with van der Waals surface area (Å²) in [5, 5.41) is 0. The first-order valence-corrected chi connectivity index (χ1v) is 7.71. The first kappa shape index (κ1) is 14.3. The number of rotatable bonds is 3. The Balaban J connectivity index is 1.70. The highest BCUT2D eigenvalue weighted by molar-refractivity contribution is 6.32. The van der Waals surface area contributed by atoms with E-state index in [4.69, 9.17) is 0 Å². The number of hydrogen-bond donors (Lipinski definition) is 0. The van der Waals surface area contributed by atoms with Crippen LogP contribution in [0.4, 0.5) is 5.69 Å². The molecule has 2 nitrogen and oxygen atoms in total. The molecule has 23 heavy (non-hydrogen) atoms. The zero-order valence-corrected chi connectivity index (χ0v) is 12.6. The second kappa shape index (κ2) is 6.04. The van der Waals surface area contributed by atoms with Crippen molar-refractivity contribution in [2.45, 2.75) is 6.54 Å². The van der Waals surface area contributed by atoms with Crippen LogP contribution in [0.5, 0.6) is 0 Å². The number of benzene rings is 2. The maximum absolute atomic E-state index is 13.0. The topological polar surface area (TPSA) is 20.3 Å². The van der Waals surface area contributed by atoms with Crippen LogP contribution >= 0.6 is 0 Å². The van der Waals surface area contributed by atoms with Crippen molar-refractivity contribution in [1.29, 1.82) is 0 Å². The van der Waals surface area contributed by atoms with Gasteiger partial charge in [0.15, 0.2) is 0 Å². The van der Waals surface area contributed by atoms with E-state index in [1.54, 1.807) is 0 Å². The van der Waals surface area contributed by atoms with Crippen LogP contribution in [0.3, 0.4) is 0 Å². The molecule has 4 rings (SSSR count). The van der Waals surface area contributed by atoms with Gasteiger partial charge < -0.3 is 4.90 Å². The Bertz CT molecular complexity index is 741. The zero-order valence-electron chi connectivity index (χ0n) is 12.6. The lowest BCUT2D eigenvalue weighted by Gasteiger charge is -2.17. The predicted octanol–water partition coefficient (Wildman–Crippen LogP) is 4.02. The van der Waals surface area contributed by atoms with Crippen molar-refractivity contribution >= 4 is 17.2 Å². The Hall–Kier alpha value is -2.35. The van der Waals surface area contributed by atoms with E-state index >= 15 is 0 Å². The molecular weight excluding hydrogens is 282 g/mol. The third kappa shape index (κ3) is 2.70. The summed E-state index contributed by atoms with van der Waals surface area (Å²) in [4.78, 5) is 14.8. The van der Waals surface area contributed by atoms with Crippen LogP contribution in [-0.4, -0.2) is 5.91 Å². The third-order valence-electron chi connectivity index (χ3n) is 4.14. The fourth-order valence-corrected chi connectivity index (χ4v) is 3.02. The normalized spacial score (nSPS) is 19.6. The summed E-state index contributed by atoms with van der Waals surface area (Å²) in [5.41, 5.74) is 3.89. The molecule has 0 N–H and O–H groups in total. The van der Waals surface area contributed by atoms with Crippen LogP contribution in [0, 0.1) is 31.6 Å². The summed E-state index contributed by atoms with van der Waals surface area (Å²) < 4.78 is 0. The standard InChI is InChI=1S/C21H16NO/c23-21-19(14-16-8-4-5-9-16)18-12-6-7-13-20(18)22(21)15-17-10-2-1-3-11-17/h1-14H,15H2/b19-14-. The number of anilines is 1. The summed E-state index contributed by atoms with van der Waals surface area (Å²) in [6, 6.07) is 18.1. The molecule has 1 aliphatic carbocycles. The molecule has 0 atom stereocenters. The highest BCUT2D eigenvalue weighted by Gasteiger charge is 2.33. The molecule has 1 aliphatic heterocycles. The van der Waals surface area contributed by atoms with Gasteiger partial charge in [-0.25, -0.2) is 0 Å². The summed E-state index contributed by atoms with van der Waals surface area (Å²) in [6.07, 6.45) is 9.98. The Morgan fingerprint density at radius 3 is 2.35 bits per heavy atom. The van der Waals surface area contributed by atoms with E-state index in [9.17, 15) is 4.79 Å². The summed E-state index contributed by atoms with van der Waals surface area (Å²) in [6.45, 7) is 0.592. The molecule has 1 fully saturated rings. The molecule has 2 aliphatic rings. The lowest BCUT2D eigenvalue weighted by atomic mass is 10.00. The SMILES string of the molecule is O=C1/C(=C\[C]2[CH][CH][CH][CH]2)c2ccccc2N1Cc1ccccc1. The third-order valence-corrected chi connectivity index (χ3v) is 4.14. The molecule has 2 heteroatoms. The fraction of sp³-hybridized carbons (Fsp3) is 0.0476. The average Bonchev–Trinajstić information content (AvgIpc) is 3.19. The van der Waals surface area contributed by atoms with Gasteiger partial charge in [0.25, 0.3) is 5.91 Å². The summed E-state index contributed by atoms with van der Waals surface area (Å²) in [7, 11) is 0. The number of fused-ring (bicyclic) bond motifs is 1. The van der Waals surface area contributed by atoms with Gasteiger partial charge >= 0.3 is 0 Å². The maximum Gasteiger partial charge on any atom is 0.258 e. The van der Waals surface area contributed by atoms with Gasteiger partial charge in [0.1, 0.15) is 0 Å². The van der Waals surface area contributed by atoms with Crippen molar-refractivity contribution in [3.05, 3.63) is 103 Å². The number of allylic oxidation sites excluding steroid dienone is 1. The molecule has 0 bridgehead atoms. The molecule has 1 amide bonds. The fourth-order valence-electron chi connectivity index (χ4n) is 3.02. The van der Waals surface area contributed by atoms with Gasteiger partial charge in [-0.05, 0) is 37.3 Å². The van der Waals surface area contributed by atoms with Gasteiger partial charge in [0.2, 0.25) is 0 Å². The molecule has 1 heterocycles. The molecule has 111 valence electrons. The van der Waals surface area contributed by atoms with E-state index in [1.807, 2.05) is 79.1 Å². The van der Waals surface area contributed by atoms with Gasteiger partial charge in [-0.15, -0.1) is 0 Å². The van der Waals surface area contributed by atoms with Crippen LogP contribution in [-0.2, 0) is 11.3 Å². The summed E-state index contributed by atoms with van der Waals surface area (Å²) in [5.74, 6) is 1.13. The molecule has 2 aromatic rings. The van der Waals surface area contributed by atoms with Crippen molar-refractivity contribution in [1.82, 2.24) is 0 Å². The van der Waals surface area contributed by atoms with Crippen molar-refractivity contribution in [3.8, 4) is 0 Å². The van der Waals surface area contributed by atoms with Gasteiger partial charge in [-0.1, -0.05) is 54.6 Å². The quantitative estimate of drug-likeness (QED) is 0.784. The maximum atomic E-state index is 13.0. The van der Waals surface area contributed by atoms with Gasteiger partial charge in [-0.3, -0.25) is 4.79 Å². The number of para-hydroxylation sites is 1. The van der Waals surface area contributed by atoms with E-state index in [1.165, 1.54) is 0 Å². The summed E-state index contributed by atoms with van der Waals surface area (Å²) >= 11 is 0. The molecule has 1 saturated carbocycles. The van der Waals surface area contributed by atoms with Crippen LogP contribution in [0.2, 0.25) is 0 Å². The monoisotopic (exact) mass is 298 g/mol. The Kier molecular flexibility index (Phi) is 3.74. The van der Waals surface area contributed by atoms with E-state index in [2.05, 4.69) is 12.1 Å². The van der Waals surface area contributed by atoms with E-state index in [0.29, 0.717) is 6.54 Å². The molecule has 5 radical (unpaired) electrons. The van der Waals surface area contributed by atoms with Crippen molar-refractivity contribution in [2.75, 3.05) is 4.90 Å². The van der Waals surface area contributed by atoms with Gasteiger partial charge in [0.05, 0.1) is 12.2 Å². The van der Waals surface area contributed by atoms with Crippen molar-refractivity contribution in [2.24, 2.45) is 0 Å². The molecule has 0 aromatic heterocycles. The van der Waals surface area contributed by atoms with E-state index in [-0.39, 0.29) is 5.91 Å². The zero-order chi connectivity index (χ0) is 15.6. The molecule has 0 saturated heterocycles. The molecular formula is C21H16NO. The highest BCUT2D eigenvalue weighted by Crippen LogP contribution is 2.39. The number of carbonyl (C=O) groups excluding carboxylic acids is 1. The largest absolute Gasteiger partial charge is 0.303 e. The number of hydrogen-bond acceptors (Lipinski definition) is 1. The number of amides is 1. The number of carbonyl (C=O) groups is 1.